The van der Waals surface area contributed by atoms with E-state index in [1.807, 2.05) is 0 Å². The van der Waals surface area contributed by atoms with Gasteiger partial charge in [0.25, 0.3) is 0 Å². The molecule has 16 heteroatoms. The van der Waals surface area contributed by atoms with Gasteiger partial charge in [0.1, 0.15) is 23.8 Å². The summed E-state index contributed by atoms with van der Waals surface area (Å²) >= 11 is 0. The lowest BCUT2D eigenvalue weighted by Gasteiger charge is -2.16. The molecule has 3 heterocycles. The van der Waals surface area contributed by atoms with Crippen molar-refractivity contribution < 1.29 is 38.9 Å². The molecule has 0 unspecified atom stereocenters. The van der Waals surface area contributed by atoms with Crippen LogP contribution < -0.4 is 17.0 Å². The predicted octanol–water partition coefficient (Wildman–Crippen LogP) is -2.49. The van der Waals surface area contributed by atoms with E-state index in [0.717, 1.165) is 25.9 Å². The monoisotopic (exact) mass is 493 g/mol. The van der Waals surface area contributed by atoms with E-state index in [9.17, 15) is 14.8 Å². The Morgan fingerprint density at radius 3 is 2.36 bits per heavy atom. The van der Waals surface area contributed by atoms with Crippen molar-refractivity contribution in [2.24, 2.45) is 11.5 Å². The summed E-state index contributed by atoms with van der Waals surface area (Å²) in [5.74, 6) is 0. The molecule has 0 saturated carbocycles. The number of nitrogens with two attached hydrogens (primary N) is 2. The minimum absolute atomic E-state index is 0.0308. The number of aliphatic hydroxyl groups excluding tert-OH is 3. The molecule has 0 amide bonds. The minimum Gasteiger partial charge on any atom is -0.396 e. The highest BCUT2D eigenvalue weighted by Gasteiger charge is 2.45. The number of rotatable bonds is 10. The summed E-state index contributed by atoms with van der Waals surface area (Å²) < 4.78 is 23.5. The molecule has 1 fully saturated rings. The Morgan fingerprint density at radius 2 is 1.79 bits per heavy atom. The zero-order valence-electron chi connectivity index (χ0n) is 18.0. The van der Waals surface area contributed by atoms with Crippen LogP contribution in [-0.2, 0) is 20.4 Å². The van der Waals surface area contributed by atoms with E-state index < -0.39 is 39.0 Å². The van der Waals surface area contributed by atoms with E-state index in [4.69, 9.17) is 36.5 Å². The summed E-state index contributed by atoms with van der Waals surface area (Å²) in [4.78, 5) is 25.8. The van der Waals surface area contributed by atoms with Gasteiger partial charge >= 0.3 is 7.82 Å². The number of hydrogen-bond donors (Lipinski definition) is 8. The second-order valence-electron chi connectivity index (χ2n) is 7.30. The largest absolute Gasteiger partial charge is 0.469 e. The van der Waals surface area contributed by atoms with Crippen LogP contribution in [0.2, 0.25) is 0 Å². The summed E-state index contributed by atoms with van der Waals surface area (Å²) in [6.07, 6.45) is 0.0799. The number of hydrogen-bond acceptors (Lipinski definition) is 11. The van der Waals surface area contributed by atoms with Crippen LogP contribution in [0.15, 0.2) is 12.7 Å². The molecule has 2 aromatic rings. The third-order valence-electron chi connectivity index (χ3n) is 4.83. The Hall–Kier alpha value is -1.78. The number of nitrogens with zero attached hydrogens (tertiary/aromatic N) is 4. The first kappa shape index (κ1) is 27.5. The normalized spacial score (nSPS) is 23.0. The molecular weight excluding hydrogens is 461 g/mol. The lowest BCUT2D eigenvalue weighted by Crippen LogP contribution is -2.33. The van der Waals surface area contributed by atoms with Crippen molar-refractivity contribution in [2.45, 2.75) is 50.3 Å². The van der Waals surface area contributed by atoms with Crippen LogP contribution >= 0.6 is 7.82 Å². The summed E-state index contributed by atoms with van der Waals surface area (Å²) in [5, 5.41) is 37.4. The molecule has 1 saturated heterocycles. The number of fused-ring (bicyclic) bond motifs is 1. The van der Waals surface area contributed by atoms with Gasteiger partial charge < -0.3 is 45.9 Å². The molecule has 0 aromatic carbocycles. The second-order valence-corrected chi connectivity index (χ2v) is 8.54. The van der Waals surface area contributed by atoms with Crippen LogP contribution in [0.5, 0.6) is 0 Å². The molecule has 4 atom stereocenters. The van der Waals surface area contributed by atoms with Crippen molar-refractivity contribution in [3.05, 3.63) is 18.1 Å². The molecule has 3 rings (SSSR count). The topological polar surface area (TPSA) is 248 Å². The SMILES string of the molecule is N=c1c2ncn([C@@H]3O[C@H](COP(=O)(O)O)[C@@H](O)[C@H]3O)c2ncn1CCCO.NCCCCN. The fraction of sp³-hybridized carbons (Fsp3) is 0.706. The fourth-order valence-corrected chi connectivity index (χ4v) is 3.46. The Balaban J connectivity index is 0.000000569. The molecule has 2 aromatic heterocycles. The molecular formula is C17H32N7O8P. The highest BCUT2D eigenvalue weighted by Crippen LogP contribution is 2.38. The number of unbranched alkanes of at least 4 members (excludes halogenated alkanes) is 1. The second kappa shape index (κ2) is 12.6. The summed E-state index contributed by atoms with van der Waals surface area (Å²) in [6, 6.07) is 0. The van der Waals surface area contributed by atoms with Crippen molar-refractivity contribution in [1.29, 1.82) is 5.41 Å². The summed E-state index contributed by atoms with van der Waals surface area (Å²) in [5.41, 5.74) is 10.8. The molecule has 1 aliphatic rings. The number of aryl methyl sites for hydroxylation is 1. The van der Waals surface area contributed by atoms with Gasteiger partial charge in [-0.15, -0.1) is 0 Å². The van der Waals surface area contributed by atoms with E-state index in [1.54, 1.807) is 0 Å². The maximum Gasteiger partial charge on any atom is 0.469 e. The zero-order chi connectivity index (χ0) is 24.6. The molecule has 0 bridgehead atoms. The lowest BCUT2D eigenvalue weighted by molar-refractivity contribution is -0.0504. The molecule has 0 aliphatic carbocycles. The third kappa shape index (κ3) is 7.35. The Bertz CT molecular complexity index is 976. The molecule has 0 spiro atoms. The standard InChI is InChI=1S/C13H20N5O8P.C4H12N2/c14-11-8-12(16-5-17(11)2-1-3-19)18(6-15-8)13-10(21)9(20)7(26-13)4-25-27(22,23)24;5-3-1-2-4-6/h5-7,9-10,13-14,19-21H,1-4H2,(H2,22,23,24);1-6H2/t7-,9-,10-,13-;/m1./s1. The molecule has 10 N–H and O–H groups in total. The van der Waals surface area contributed by atoms with Crippen LogP contribution in [-0.4, -0.2) is 88.8 Å². The van der Waals surface area contributed by atoms with Gasteiger partial charge in [0.05, 0.1) is 19.3 Å². The molecule has 1 aliphatic heterocycles. The highest BCUT2D eigenvalue weighted by molar-refractivity contribution is 7.46. The van der Waals surface area contributed by atoms with Crippen LogP contribution in [0.1, 0.15) is 25.5 Å². The lowest BCUT2D eigenvalue weighted by atomic mass is 10.1. The number of aliphatic hydroxyl groups is 3. The van der Waals surface area contributed by atoms with Crippen molar-refractivity contribution in [2.75, 3.05) is 26.3 Å². The first-order valence-electron chi connectivity index (χ1n) is 10.3. The van der Waals surface area contributed by atoms with Crippen LogP contribution in [0.4, 0.5) is 0 Å². The maximum atomic E-state index is 10.8. The molecule has 33 heavy (non-hydrogen) atoms. The van der Waals surface area contributed by atoms with Crippen molar-refractivity contribution in [3.8, 4) is 0 Å². The Kier molecular flexibility index (Phi) is 10.5. The van der Waals surface area contributed by atoms with Gasteiger partial charge in [-0.3, -0.25) is 14.5 Å². The summed E-state index contributed by atoms with van der Waals surface area (Å²) in [7, 11) is -4.75. The van der Waals surface area contributed by atoms with E-state index in [0.29, 0.717) is 13.0 Å². The first-order valence-corrected chi connectivity index (χ1v) is 11.9. The van der Waals surface area contributed by atoms with Gasteiger partial charge in [-0.05, 0) is 32.4 Å². The fourth-order valence-electron chi connectivity index (χ4n) is 3.12. The van der Waals surface area contributed by atoms with Crippen LogP contribution in [0, 0.1) is 5.41 Å². The van der Waals surface area contributed by atoms with Crippen molar-refractivity contribution in [3.63, 3.8) is 0 Å². The van der Waals surface area contributed by atoms with Gasteiger partial charge in [0.15, 0.2) is 17.4 Å². The van der Waals surface area contributed by atoms with Crippen LogP contribution in [0.25, 0.3) is 11.2 Å². The highest BCUT2D eigenvalue weighted by atomic mass is 31.2. The van der Waals surface area contributed by atoms with E-state index in [-0.39, 0.29) is 23.3 Å². The maximum absolute atomic E-state index is 10.8. The average Bonchev–Trinajstić information content (AvgIpc) is 3.32. The number of phosphoric ester groups is 1. The van der Waals surface area contributed by atoms with Gasteiger partial charge in [-0.2, -0.15) is 0 Å². The van der Waals surface area contributed by atoms with Crippen molar-refractivity contribution in [1.82, 2.24) is 19.1 Å². The van der Waals surface area contributed by atoms with E-state index in [1.165, 1.54) is 21.8 Å². The Morgan fingerprint density at radius 1 is 1.12 bits per heavy atom. The van der Waals surface area contributed by atoms with Gasteiger partial charge in [-0.25, -0.2) is 14.5 Å². The quantitative estimate of drug-likeness (QED) is 0.126. The number of aromatic nitrogens is 4. The van der Waals surface area contributed by atoms with E-state index >= 15 is 0 Å². The smallest absolute Gasteiger partial charge is 0.396 e. The van der Waals surface area contributed by atoms with Crippen LogP contribution in [0.3, 0.4) is 0 Å². The number of ether oxygens (including phenoxy) is 1. The molecule has 15 nitrogen and oxygen atoms in total. The summed E-state index contributed by atoms with van der Waals surface area (Å²) in [6.45, 7) is 1.28. The third-order valence-corrected chi connectivity index (χ3v) is 5.32. The van der Waals surface area contributed by atoms with Gasteiger partial charge in [0, 0.05) is 13.2 Å². The number of nitrogens with one attached hydrogen (secondary N) is 1. The predicted molar refractivity (Wildman–Crippen MR) is 114 cm³/mol. The average molecular weight is 493 g/mol. The zero-order valence-corrected chi connectivity index (χ0v) is 18.9. The van der Waals surface area contributed by atoms with Gasteiger partial charge in [-0.1, -0.05) is 0 Å². The number of phosphoric acid groups is 1. The Labute approximate surface area is 189 Å². The van der Waals surface area contributed by atoms with Gasteiger partial charge in [0.2, 0.25) is 0 Å². The molecule has 0 radical (unpaired) electrons. The van der Waals surface area contributed by atoms with E-state index in [2.05, 4.69) is 14.5 Å². The van der Waals surface area contributed by atoms with Crippen molar-refractivity contribution >= 4 is 19.0 Å². The molecule has 188 valence electrons. The number of imidazole rings is 1. The minimum atomic E-state index is -4.75. The first-order chi connectivity index (χ1) is 15.6.